The van der Waals surface area contributed by atoms with Crippen molar-refractivity contribution in [2.24, 2.45) is 11.1 Å². The van der Waals surface area contributed by atoms with Gasteiger partial charge in [-0.2, -0.15) is 0 Å². The number of hydrogen-bond acceptors (Lipinski definition) is 2. The molecule has 4 heteroatoms. The lowest BCUT2D eigenvalue weighted by molar-refractivity contribution is -0.116. The Morgan fingerprint density at radius 1 is 1.39 bits per heavy atom. The van der Waals surface area contributed by atoms with Crippen molar-refractivity contribution in [3.8, 4) is 0 Å². The van der Waals surface area contributed by atoms with Crippen LogP contribution in [0.1, 0.15) is 50.8 Å². The van der Waals surface area contributed by atoms with Crippen molar-refractivity contribution in [2.45, 2.75) is 39.7 Å². The molecule has 2 unspecified atom stereocenters. The number of fused-ring (bicyclic) bond motifs is 1. The van der Waals surface area contributed by atoms with Crippen molar-refractivity contribution < 1.29 is 9.18 Å². The number of benzene rings is 1. The maximum Gasteiger partial charge on any atom is 0.231 e. The Labute approximate surface area is 107 Å². The van der Waals surface area contributed by atoms with Gasteiger partial charge in [-0.3, -0.25) is 4.79 Å². The number of rotatable bonds is 1. The van der Waals surface area contributed by atoms with Crippen LogP contribution in [0.3, 0.4) is 0 Å². The zero-order valence-corrected chi connectivity index (χ0v) is 11.2. The van der Waals surface area contributed by atoms with E-state index in [2.05, 4.69) is 5.32 Å². The molecule has 3 N–H and O–H groups in total. The Hall–Kier alpha value is -1.42. The minimum absolute atomic E-state index is 0.0991. The van der Waals surface area contributed by atoms with E-state index in [1.165, 1.54) is 12.1 Å². The third kappa shape index (κ3) is 2.01. The number of hydrogen-bond donors (Lipinski definition) is 2. The minimum Gasteiger partial charge on any atom is -0.325 e. The molecule has 0 aromatic heterocycles. The molecule has 18 heavy (non-hydrogen) atoms. The van der Waals surface area contributed by atoms with Crippen molar-refractivity contribution in [1.29, 1.82) is 0 Å². The number of anilines is 1. The molecule has 2 rings (SSSR count). The quantitative estimate of drug-likeness (QED) is 0.805. The molecular formula is C14H19FN2O. The van der Waals surface area contributed by atoms with Crippen molar-refractivity contribution in [3.05, 3.63) is 29.1 Å². The molecule has 2 atom stereocenters. The Kier molecular flexibility index (Phi) is 2.93. The van der Waals surface area contributed by atoms with Crippen LogP contribution in [-0.2, 0) is 4.79 Å². The van der Waals surface area contributed by atoms with Gasteiger partial charge in [-0.1, -0.05) is 20.8 Å². The summed E-state index contributed by atoms with van der Waals surface area (Å²) in [5.74, 6) is -0.758. The summed E-state index contributed by atoms with van der Waals surface area (Å²) in [7, 11) is 0. The normalized spacial score (nSPS) is 20.6. The lowest BCUT2D eigenvalue weighted by Crippen LogP contribution is -2.27. The maximum atomic E-state index is 13.7. The molecule has 0 radical (unpaired) electrons. The van der Waals surface area contributed by atoms with Crippen LogP contribution in [0, 0.1) is 11.2 Å². The molecule has 1 heterocycles. The van der Waals surface area contributed by atoms with Gasteiger partial charge in [0.05, 0.1) is 5.92 Å². The Bertz CT molecular complexity index is 505. The maximum absolute atomic E-state index is 13.7. The number of halogens is 1. The van der Waals surface area contributed by atoms with Crippen LogP contribution in [0.5, 0.6) is 0 Å². The average Bonchev–Trinajstić information content (AvgIpc) is 2.53. The van der Waals surface area contributed by atoms with Gasteiger partial charge in [0.2, 0.25) is 5.91 Å². The van der Waals surface area contributed by atoms with E-state index in [0.717, 1.165) is 0 Å². The van der Waals surface area contributed by atoms with E-state index in [-0.39, 0.29) is 29.1 Å². The van der Waals surface area contributed by atoms with Crippen LogP contribution in [0.2, 0.25) is 0 Å². The zero-order chi connectivity index (χ0) is 13.7. The van der Waals surface area contributed by atoms with Crippen molar-refractivity contribution in [1.82, 2.24) is 0 Å². The highest BCUT2D eigenvalue weighted by molar-refractivity contribution is 6.03. The number of carbonyl (C=O) groups is 1. The Balaban J connectivity index is 2.58. The topological polar surface area (TPSA) is 55.1 Å². The predicted octanol–water partition coefficient (Wildman–Crippen LogP) is 2.93. The molecule has 0 aliphatic carbocycles. The fraction of sp³-hybridized carbons (Fsp3) is 0.500. The second-order valence-electron chi connectivity index (χ2n) is 6.01. The SMILES string of the molecule is CC1C(=O)Nc2c1cc(F)cc2C(N)C(C)(C)C. The summed E-state index contributed by atoms with van der Waals surface area (Å²) in [6.45, 7) is 7.76. The lowest BCUT2D eigenvalue weighted by Gasteiger charge is -2.29. The number of amides is 1. The summed E-state index contributed by atoms with van der Waals surface area (Å²) in [5, 5.41) is 2.81. The van der Waals surface area contributed by atoms with Crippen LogP contribution in [0.4, 0.5) is 10.1 Å². The van der Waals surface area contributed by atoms with Gasteiger partial charge in [0.25, 0.3) is 0 Å². The van der Waals surface area contributed by atoms with E-state index in [9.17, 15) is 9.18 Å². The van der Waals surface area contributed by atoms with Gasteiger partial charge < -0.3 is 11.1 Å². The van der Waals surface area contributed by atoms with Crippen molar-refractivity contribution in [2.75, 3.05) is 5.32 Å². The first-order chi connectivity index (χ1) is 8.21. The first-order valence-corrected chi connectivity index (χ1v) is 6.11. The standard InChI is InChI=1S/C14H19FN2O/c1-7-9-5-8(15)6-10(11(9)17-13(7)18)12(16)14(2,3)4/h5-7,12H,16H2,1-4H3,(H,17,18). The van der Waals surface area contributed by atoms with E-state index in [4.69, 9.17) is 5.73 Å². The fourth-order valence-electron chi connectivity index (χ4n) is 2.22. The number of nitrogens with two attached hydrogens (primary N) is 1. The fourth-order valence-corrected chi connectivity index (χ4v) is 2.22. The summed E-state index contributed by atoms with van der Waals surface area (Å²) in [5.41, 5.74) is 8.06. The predicted molar refractivity (Wildman–Crippen MR) is 69.8 cm³/mol. The minimum atomic E-state index is -0.341. The zero-order valence-electron chi connectivity index (χ0n) is 11.2. The molecule has 98 valence electrons. The molecule has 0 fully saturated rings. The highest BCUT2D eigenvalue weighted by Crippen LogP contribution is 2.42. The van der Waals surface area contributed by atoms with Gasteiger partial charge in [0.15, 0.2) is 0 Å². The summed E-state index contributed by atoms with van der Waals surface area (Å²) < 4.78 is 13.7. The third-order valence-corrected chi connectivity index (χ3v) is 3.54. The highest BCUT2D eigenvalue weighted by atomic mass is 19.1. The van der Waals surface area contributed by atoms with Gasteiger partial charge in [0, 0.05) is 11.7 Å². The molecule has 1 aliphatic heterocycles. The largest absolute Gasteiger partial charge is 0.325 e. The summed E-state index contributed by atoms with van der Waals surface area (Å²) in [4.78, 5) is 11.7. The van der Waals surface area contributed by atoms with Crippen molar-refractivity contribution in [3.63, 3.8) is 0 Å². The number of carbonyl (C=O) groups excluding carboxylic acids is 1. The molecule has 0 bridgehead atoms. The van der Waals surface area contributed by atoms with Gasteiger partial charge in [-0.15, -0.1) is 0 Å². The summed E-state index contributed by atoms with van der Waals surface area (Å²) in [6.07, 6.45) is 0. The second-order valence-corrected chi connectivity index (χ2v) is 6.01. The lowest BCUT2D eigenvalue weighted by atomic mass is 9.81. The van der Waals surface area contributed by atoms with Gasteiger partial charge >= 0.3 is 0 Å². The Morgan fingerprint density at radius 3 is 2.56 bits per heavy atom. The highest BCUT2D eigenvalue weighted by Gasteiger charge is 2.33. The summed E-state index contributed by atoms with van der Waals surface area (Å²) in [6, 6.07) is 2.51. The third-order valence-electron chi connectivity index (χ3n) is 3.54. The molecule has 0 saturated heterocycles. The van der Waals surface area contributed by atoms with E-state index < -0.39 is 0 Å². The van der Waals surface area contributed by atoms with Crippen LogP contribution < -0.4 is 11.1 Å². The Morgan fingerprint density at radius 2 is 2.00 bits per heavy atom. The van der Waals surface area contributed by atoms with E-state index in [1.54, 1.807) is 6.92 Å². The first kappa shape index (κ1) is 13.0. The van der Waals surface area contributed by atoms with E-state index >= 15 is 0 Å². The number of nitrogens with one attached hydrogen (secondary N) is 1. The van der Waals surface area contributed by atoms with E-state index in [1.807, 2.05) is 20.8 Å². The van der Waals surface area contributed by atoms with E-state index in [0.29, 0.717) is 16.8 Å². The molecule has 0 spiro atoms. The van der Waals surface area contributed by atoms with Gasteiger partial charge in [0.1, 0.15) is 5.82 Å². The molecule has 1 aromatic rings. The van der Waals surface area contributed by atoms with Crippen LogP contribution >= 0.6 is 0 Å². The first-order valence-electron chi connectivity index (χ1n) is 6.11. The second kappa shape index (κ2) is 4.05. The smallest absolute Gasteiger partial charge is 0.231 e. The van der Waals surface area contributed by atoms with Crippen LogP contribution in [0.15, 0.2) is 12.1 Å². The average molecular weight is 250 g/mol. The monoisotopic (exact) mass is 250 g/mol. The van der Waals surface area contributed by atoms with Crippen LogP contribution in [-0.4, -0.2) is 5.91 Å². The molecule has 1 aromatic carbocycles. The molecular weight excluding hydrogens is 231 g/mol. The molecule has 3 nitrogen and oxygen atoms in total. The van der Waals surface area contributed by atoms with Gasteiger partial charge in [-0.05, 0) is 35.6 Å². The van der Waals surface area contributed by atoms with Gasteiger partial charge in [-0.25, -0.2) is 4.39 Å². The molecule has 1 amide bonds. The molecule has 0 saturated carbocycles. The van der Waals surface area contributed by atoms with Crippen molar-refractivity contribution >= 4 is 11.6 Å². The summed E-state index contributed by atoms with van der Waals surface area (Å²) >= 11 is 0. The molecule has 1 aliphatic rings. The van der Waals surface area contributed by atoms with Crippen LogP contribution in [0.25, 0.3) is 0 Å².